The van der Waals surface area contributed by atoms with E-state index < -0.39 is 0 Å². The molecular weight excluding hydrogens is 280 g/mol. The van der Waals surface area contributed by atoms with Crippen LogP contribution >= 0.6 is 0 Å². The van der Waals surface area contributed by atoms with Gasteiger partial charge in [0, 0.05) is 25.7 Å². The minimum atomic E-state index is -0.266. The molecule has 2 N–H and O–H groups in total. The summed E-state index contributed by atoms with van der Waals surface area (Å²) in [5, 5.41) is 13.0. The lowest BCUT2D eigenvalue weighted by molar-refractivity contribution is -0.123. The standard InChI is InChI=1S/C17H30N2O3/c20-14-9-16(13-5-2-1-3-6-13)19(11-14)12-17(21)18-10-15-7-4-8-22-15/h13-16,20H,1-12H2,(H,18,21)/t14-,15+,16-/m1/s1. The van der Waals surface area contributed by atoms with Crippen LogP contribution in [-0.4, -0.2) is 60.4 Å². The Bertz CT molecular complexity index is 365. The summed E-state index contributed by atoms with van der Waals surface area (Å²) in [6.07, 6.45) is 9.37. The summed E-state index contributed by atoms with van der Waals surface area (Å²) in [5.74, 6) is 0.738. The molecule has 22 heavy (non-hydrogen) atoms. The second kappa shape index (κ2) is 7.75. The Kier molecular flexibility index (Phi) is 5.71. The number of nitrogens with zero attached hydrogens (tertiary/aromatic N) is 1. The molecule has 0 aromatic rings. The van der Waals surface area contributed by atoms with Crippen LogP contribution < -0.4 is 5.32 Å². The van der Waals surface area contributed by atoms with E-state index in [4.69, 9.17) is 4.74 Å². The summed E-state index contributed by atoms with van der Waals surface area (Å²) in [6, 6.07) is 0.392. The van der Waals surface area contributed by atoms with Gasteiger partial charge in [0.05, 0.1) is 18.8 Å². The van der Waals surface area contributed by atoms with Crippen molar-refractivity contribution < 1.29 is 14.6 Å². The first kappa shape index (κ1) is 16.2. The minimum absolute atomic E-state index is 0.0745. The summed E-state index contributed by atoms with van der Waals surface area (Å²) >= 11 is 0. The average molecular weight is 310 g/mol. The molecule has 3 fully saturated rings. The van der Waals surface area contributed by atoms with Crippen molar-refractivity contribution in [3.8, 4) is 0 Å². The molecule has 3 aliphatic rings. The lowest BCUT2D eigenvalue weighted by Crippen LogP contribution is -2.44. The fourth-order valence-electron chi connectivity index (χ4n) is 4.37. The smallest absolute Gasteiger partial charge is 0.234 e. The first-order valence-corrected chi connectivity index (χ1v) is 9.03. The van der Waals surface area contributed by atoms with Crippen LogP contribution in [0.5, 0.6) is 0 Å². The molecule has 5 nitrogen and oxygen atoms in total. The van der Waals surface area contributed by atoms with E-state index >= 15 is 0 Å². The van der Waals surface area contributed by atoms with Crippen molar-refractivity contribution >= 4 is 5.91 Å². The maximum atomic E-state index is 12.2. The topological polar surface area (TPSA) is 61.8 Å². The van der Waals surface area contributed by atoms with E-state index in [1.54, 1.807) is 0 Å². The molecule has 3 rings (SSSR count). The molecule has 126 valence electrons. The first-order chi connectivity index (χ1) is 10.7. The number of hydrogen-bond donors (Lipinski definition) is 2. The van der Waals surface area contributed by atoms with Crippen LogP contribution in [0, 0.1) is 5.92 Å². The molecule has 0 spiro atoms. The summed E-state index contributed by atoms with van der Waals surface area (Å²) in [4.78, 5) is 14.4. The highest BCUT2D eigenvalue weighted by Crippen LogP contribution is 2.34. The van der Waals surface area contributed by atoms with Gasteiger partial charge in [-0.2, -0.15) is 0 Å². The lowest BCUT2D eigenvalue weighted by atomic mass is 9.83. The van der Waals surface area contributed by atoms with Crippen LogP contribution in [-0.2, 0) is 9.53 Å². The molecule has 2 saturated heterocycles. The van der Waals surface area contributed by atoms with Gasteiger partial charge in [-0.05, 0) is 38.0 Å². The minimum Gasteiger partial charge on any atom is -0.392 e. The molecule has 0 aromatic heterocycles. The third-order valence-corrected chi connectivity index (χ3v) is 5.52. The number of carbonyl (C=O) groups excluding carboxylic acids is 1. The Morgan fingerprint density at radius 2 is 2.00 bits per heavy atom. The van der Waals surface area contributed by atoms with Gasteiger partial charge in [0.25, 0.3) is 0 Å². The van der Waals surface area contributed by atoms with E-state index in [9.17, 15) is 9.90 Å². The summed E-state index contributed by atoms with van der Waals surface area (Å²) in [6.45, 7) is 2.52. The van der Waals surface area contributed by atoms with Crippen LogP contribution in [0.15, 0.2) is 0 Å². The zero-order chi connectivity index (χ0) is 15.4. The van der Waals surface area contributed by atoms with Crippen molar-refractivity contribution in [2.45, 2.75) is 69.6 Å². The first-order valence-electron chi connectivity index (χ1n) is 9.03. The number of β-amino-alcohol motifs (C(OH)–C–C–N with tert-alkyl or cyclic N) is 1. The number of ether oxygens (including phenoxy) is 1. The second-order valence-corrected chi connectivity index (χ2v) is 7.22. The monoisotopic (exact) mass is 310 g/mol. The predicted molar refractivity (Wildman–Crippen MR) is 84.5 cm³/mol. The molecule has 1 aliphatic carbocycles. The second-order valence-electron chi connectivity index (χ2n) is 7.22. The van der Waals surface area contributed by atoms with Gasteiger partial charge in [0.1, 0.15) is 0 Å². The van der Waals surface area contributed by atoms with Gasteiger partial charge in [-0.25, -0.2) is 0 Å². The van der Waals surface area contributed by atoms with Crippen LogP contribution in [0.25, 0.3) is 0 Å². The van der Waals surface area contributed by atoms with E-state index in [1.165, 1.54) is 32.1 Å². The molecule has 1 saturated carbocycles. The van der Waals surface area contributed by atoms with Crippen molar-refractivity contribution in [1.29, 1.82) is 0 Å². The van der Waals surface area contributed by atoms with Crippen molar-refractivity contribution in [2.24, 2.45) is 5.92 Å². The van der Waals surface area contributed by atoms with Crippen LogP contribution in [0.2, 0.25) is 0 Å². The molecule has 1 amide bonds. The van der Waals surface area contributed by atoms with Crippen molar-refractivity contribution in [3.63, 3.8) is 0 Å². The molecule has 0 aromatic carbocycles. The van der Waals surface area contributed by atoms with E-state index in [1.807, 2.05) is 0 Å². The third-order valence-electron chi connectivity index (χ3n) is 5.52. The molecule has 0 bridgehead atoms. The fourth-order valence-corrected chi connectivity index (χ4v) is 4.37. The summed E-state index contributed by atoms with van der Waals surface area (Å²) < 4.78 is 5.54. The lowest BCUT2D eigenvalue weighted by Gasteiger charge is -2.33. The maximum absolute atomic E-state index is 12.2. The summed E-state index contributed by atoms with van der Waals surface area (Å²) in [5.41, 5.74) is 0. The molecular formula is C17H30N2O3. The maximum Gasteiger partial charge on any atom is 0.234 e. The van der Waals surface area contributed by atoms with Crippen LogP contribution in [0.1, 0.15) is 51.4 Å². The predicted octanol–water partition coefficient (Wildman–Crippen LogP) is 1.30. The quantitative estimate of drug-likeness (QED) is 0.803. The van der Waals surface area contributed by atoms with Crippen molar-refractivity contribution in [1.82, 2.24) is 10.2 Å². The SMILES string of the molecule is O=C(CN1C[C@H](O)C[C@@H]1C1CCCCC1)NC[C@@H]1CCCO1. The van der Waals surface area contributed by atoms with Crippen LogP contribution in [0.4, 0.5) is 0 Å². The number of hydrogen-bond acceptors (Lipinski definition) is 4. The van der Waals surface area contributed by atoms with Gasteiger partial charge < -0.3 is 15.2 Å². The van der Waals surface area contributed by atoms with Gasteiger partial charge in [-0.15, -0.1) is 0 Å². The highest BCUT2D eigenvalue weighted by molar-refractivity contribution is 5.78. The Labute approximate surface area is 133 Å². The van der Waals surface area contributed by atoms with Gasteiger partial charge in [-0.3, -0.25) is 9.69 Å². The fraction of sp³-hybridized carbons (Fsp3) is 0.941. The number of aliphatic hydroxyl groups is 1. The number of carbonyl (C=O) groups is 1. The van der Waals surface area contributed by atoms with Crippen molar-refractivity contribution in [2.75, 3.05) is 26.2 Å². The Balaban J connectivity index is 1.47. The molecule has 0 unspecified atom stereocenters. The average Bonchev–Trinajstić information content (AvgIpc) is 3.16. The number of likely N-dealkylation sites (tertiary alicyclic amines) is 1. The van der Waals surface area contributed by atoms with Gasteiger partial charge in [0.15, 0.2) is 0 Å². The molecule has 0 radical (unpaired) electrons. The van der Waals surface area contributed by atoms with Gasteiger partial charge >= 0.3 is 0 Å². The Hall–Kier alpha value is -0.650. The molecule has 2 aliphatic heterocycles. The number of rotatable bonds is 5. The molecule has 2 heterocycles. The van der Waals surface area contributed by atoms with Gasteiger partial charge in [0.2, 0.25) is 5.91 Å². The Morgan fingerprint density at radius 1 is 1.18 bits per heavy atom. The largest absolute Gasteiger partial charge is 0.392 e. The van der Waals surface area contributed by atoms with E-state index in [-0.39, 0.29) is 18.1 Å². The molecule has 5 heteroatoms. The van der Waals surface area contributed by atoms with E-state index in [2.05, 4.69) is 10.2 Å². The van der Waals surface area contributed by atoms with E-state index in [0.717, 1.165) is 25.9 Å². The van der Waals surface area contributed by atoms with Gasteiger partial charge in [-0.1, -0.05) is 19.3 Å². The Morgan fingerprint density at radius 3 is 2.73 bits per heavy atom. The highest BCUT2D eigenvalue weighted by atomic mass is 16.5. The van der Waals surface area contributed by atoms with E-state index in [0.29, 0.717) is 31.6 Å². The van der Waals surface area contributed by atoms with Crippen molar-refractivity contribution in [3.05, 3.63) is 0 Å². The normalized spacial score (nSPS) is 34.1. The number of nitrogens with one attached hydrogen (secondary N) is 1. The highest BCUT2D eigenvalue weighted by Gasteiger charge is 2.37. The number of amides is 1. The third kappa shape index (κ3) is 4.21. The number of aliphatic hydroxyl groups excluding tert-OH is 1. The molecule has 3 atom stereocenters. The zero-order valence-electron chi connectivity index (χ0n) is 13.5. The summed E-state index contributed by atoms with van der Waals surface area (Å²) in [7, 11) is 0. The zero-order valence-corrected chi connectivity index (χ0v) is 13.5. The van der Waals surface area contributed by atoms with Crippen LogP contribution in [0.3, 0.4) is 0 Å².